The van der Waals surface area contributed by atoms with E-state index in [0.717, 1.165) is 5.56 Å². The molecular formula is C8H14N2OS. The molecule has 0 aliphatic heterocycles. The van der Waals surface area contributed by atoms with Gasteiger partial charge in [0.2, 0.25) is 0 Å². The Labute approximate surface area is 75.2 Å². The first kappa shape index (κ1) is 9.45. The van der Waals surface area contributed by atoms with Crippen LogP contribution in [0.4, 0.5) is 0 Å². The van der Waals surface area contributed by atoms with E-state index in [2.05, 4.69) is 18.9 Å². The standard InChI is InChI=1S/C8H14N2OS/c1-6(2)10-5-7(3)8(9-10)12(4)11/h5-6H,1-4H3. The van der Waals surface area contributed by atoms with Crippen molar-refractivity contribution in [2.45, 2.75) is 31.8 Å². The molecule has 1 atom stereocenters. The number of nitrogens with zero attached hydrogens (tertiary/aromatic N) is 2. The van der Waals surface area contributed by atoms with Gasteiger partial charge in [-0.05, 0) is 20.8 Å². The Morgan fingerprint density at radius 1 is 1.58 bits per heavy atom. The molecular weight excluding hydrogens is 172 g/mol. The van der Waals surface area contributed by atoms with Crippen molar-refractivity contribution in [3.8, 4) is 0 Å². The van der Waals surface area contributed by atoms with E-state index in [9.17, 15) is 4.21 Å². The quantitative estimate of drug-likeness (QED) is 0.701. The average molecular weight is 186 g/mol. The molecule has 4 heteroatoms. The van der Waals surface area contributed by atoms with Crippen LogP contribution in [0.15, 0.2) is 11.2 Å². The van der Waals surface area contributed by atoms with Crippen molar-refractivity contribution in [2.75, 3.05) is 6.26 Å². The molecule has 0 aromatic carbocycles. The van der Waals surface area contributed by atoms with Gasteiger partial charge in [0, 0.05) is 24.1 Å². The predicted molar refractivity (Wildman–Crippen MR) is 49.7 cm³/mol. The van der Waals surface area contributed by atoms with Crippen LogP contribution in [0.2, 0.25) is 0 Å². The highest BCUT2D eigenvalue weighted by atomic mass is 32.2. The summed E-state index contributed by atoms with van der Waals surface area (Å²) >= 11 is 0. The minimum absolute atomic E-state index is 0.334. The first-order valence-electron chi connectivity index (χ1n) is 3.91. The molecule has 0 N–H and O–H groups in total. The van der Waals surface area contributed by atoms with Crippen LogP contribution >= 0.6 is 0 Å². The minimum Gasteiger partial charge on any atom is -0.269 e. The van der Waals surface area contributed by atoms with Crippen LogP contribution in [-0.4, -0.2) is 20.2 Å². The molecule has 1 unspecified atom stereocenters. The van der Waals surface area contributed by atoms with Gasteiger partial charge in [0.25, 0.3) is 0 Å². The Bertz CT molecular complexity index is 304. The van der Waals surface area contributed by atoms with Crippen molar-refractivity contribution < 1.29 is 4.21 Å². The van der Waals surface area contributed by atoms with E-state index in [1.165, 1.54) is 0 Å². The first-order chi connectivity index (χ1) is 5.52. The van der Waals surface area contributed by atoms with Gasteiger partial charge in [-0.25, -0.2) is 0 Å². The Morgan fingerprint density at radius 2 is 2.17 bits per heavy atom. The maximum Gasteiger partial charge on any atom is 0.151 e. The van der Waals surface area contributed by atoms with Crippen molar-refractivity contribution >= 4 is 10.8 Å². The van der Waals surface area contributed by atoms with E-state index < -0.39 is 10.8 Å². The molecule has 0 radical (unpaired) electrons. The number of hydrogen-bond donors (Lipinski definition) is 0. The lowest BCUT2D eigenvalue weighted by molar-refractivity contribution is 0.520. The first-order valence-corrected chi connectivity index (χ1v) is 5.47. The summed E-state index contributed by atoms with van der Waals surface area (Å²) in [7, 11) is -0.968. The second-order valence-electron chi connectivity index (χ2n) is 3.15. The van der Waals surface area contributed by atoms with Crippen LogP contribution in [0, 0.1) is 6.92 Å². The number of aromatic nitrogens is 2. The molecule has 0 saturated carbocycles. The summed E-state index contributed by atoms with van der Waals surface area (Å²) in [5, 5.41) is 4.92. The second kappa shape index (κ2) is 3.39. The molecule has 1 heterocycles. The second-order valence-corrected chi connectivity index (χ2v) is 4.44. The number of rotatable bonds is 2. The van der Waals surface area contributed by atoms with E-state index in [1.54, 1.807) is 6.26 Å². The molecule has 0 aliphatic carbocycles. The van der Waals surface area contributed by atoms with Gasteiger partial charge in [0.15, 0.2) is 5.03 Å². The average Bonchev–Trinajstić information content (AvgIpc) is 2.30. The summed E-state index contributed by atoms with van der Waals surface area (Å²) in [6.45, 7) is 6.03. The van der Waals surface area contributed by atoms with Gasteiger partial charge in [0.05, 0.1) is 10.8 Å². The fourth-order valence-electron chi connectivity index (χ4n) is 1.01. The summed E-state index contributed by atoms with van der Waals surface area (Å²) in [5.41, 5.74) is 1.00. The smallest absolute Gasteiger partial charge is 0.151 e. The van der Waals surface area contributed by atoms with Gasteiger partial charge in [0.1, 0.15) is 0 Å². The predicted octanol–water partition coefficient (Wildman–Crippen LogP) is 1.51. The minimum atomic E-state index is -0.968. The Kier molecular flexibility index (Phi) is 2.67. The lowest BCUT2D eigenvalue weighted by Gasteiger charge is -2.02. The van der Waals surface area contributed by atoms with Gasteiger partial charge < -0.3 is 0 Å². The van der Waals surface area contributed by atoms with E-state index in [-0.39, 0.29) is 0 Å². The van der Waals surface area contributed by atoms with Gasteiger partial charge in [-0.15, -0.1) is 0 Å². The molecule has 0 spiro atoms. The van der Waals surface area contributed by atoms with Gasteiger partial charge in [-0.2, -0.15) is 5.10 Å². The van der Waals surface area contributed by atoms with Crippen molar-refractivity contribution in [3.63, 3.8) is 0 Å². The summed E-state index contributed by atoms with van der Waals surface area (Å²) in [5.74, 6) is 0. The highest BCUT2D eigenvalue weighted by Gasteiger charge is 2.09. The monoisotopic (exact) mass is 186 g/mol. The van der Waals surface area contributed by atoms with Gasteiger partial charge in [-0.3, -0.25) is 8.89 Å². The fourth-order valence-corrected chi connectivity index (χ4v) is 1.73. The maximum absolute atomic E-state index is 11.1. The third kappa shape index (κ3) is 1.75. The third-order valence-electron chi connectivity index (χ3n) is 1.67. The fraction of sp³-hybridized carbons (Fsp3) is 0.625. The molecule has 0 saturated heterocycles. The zero-order valence-electron chi connectivity index (χ0n) is 7.87. The van der Waals surface area contributed by atoms with Crippen molar-refractivity contribution in [2.24, 2.45) is 0 Å². The molecule has 3 nitrogen and oxygen atoms in total. The molecule has 1 rings (SSSR count). The summed E-state index contributed by atoms with van der Waals surface area (Å²) < 4.78 is 13.0. The molecule has 0 bridgehead atoms. The zero-order chi connectivity index (χ0) is 9.30. The van der Waals surface area contributed by atoms with E-state index >= 15 is 0 Å². The van der Waals surface area contributed by atoms with Crippen LogP contribution in [-0.2, 0) is 10.8 Å². The van der Waals surface area contributed by atoms with Crippen molar-refractivity contribution in [1.29, 1.82) is 0 Å². The summed E-state index contributed by atoms with van der Waals surface area (Å²) in [6, 6.07) is 0.334. The highest BCUT2D eigenvalue weighted by molar-refractivity contribution is 7.84. The Hall–Kier alpha value is -0.640. The van der Waals surface area contributed by atoms with Crippen molar-refractivity contribution in [3.05, 3.63) is 11.8 Å². The zero-order valence-corrected chi connectivity index (χ0v) is 8.68. The molecule has 1 aromatic heterocycles. The summed E-state index contributed by atoms with van der Waals surface area (Å²) in [4.78, 5) is 0. The Balaban J connectivity index is 3.09. The summed E-state index contributed by atoms with van der Waals surface area (Å²) in [6.07, 6.45) is 3.58. The van der Waals surface area contributed by atoms with Gasteiger partial charge in [-0.1, -0.05) is 0 Å². The van der Waals surface area contributed by atoms with E-state index in [1.807, 2.05) is 17.8 Å². The molecule has 68 valence electrons. The van der Waals surface area contributed by atoms with Crippen LogP contribution in [0.5, 0.6) is 0 Å². The molecule has 0 amide bonds. The molecule has 12 heavy (non-hydrogen) atoms. The number of aryl methyl sites for hydroxylation is 1. The van der Waals surface area contributed by atoms with Crippen LogP contribution < -0.4 is 0 Å². The third-order valence-corrected chi connectivity index (χ3v) is 2.62. The SMILES string of the molecule is Cc1cn(C(C)C)nc1S(C)=O. The maximum atomic E-state index is 11.1. The largest absolute Gasteiger partial charge is 0.269 e. The van der Waals surface area contributed by atoms with Crippen molar-refractivity contribution in [1.82, 2.24) is 9.78 Å². The Morgan fingerprint density at radius 3 is 2.42 bits per heavy atom. The topological polar surface area (TPSA) is 34.9 Å². The van der Waals surface area contributed by atoms with Crippen LogP contribution in [0.1, 0.15) is 25.5 Å². The van der Waals surface area contributed by atoms with E-state index in [0.29, 0.717) is 11.1 Å². The van der Waals surface area contributed by atoms with Crippen LogP contribution in [0.3, 0.4) is 0 Å². The lowest BCUT2D eigenvalue weighted by Crippen LogP contribution is -2.01. The normalized spacial score (nSPS) is 13.8. The number of hydrogen-bond acceptors (Lipinski definition) is 2. The highest BCUT2D eigenvalue weighted by Crippen LogP contribution is 2.12. The van der Waals surface area contributed by atoms with Gasteiger partial charge >= 0.3 is 0 Å². The molecule has 0 fully saturated rings. The van der Waals surface area contributed by atoms with Crippen LogP contribution in [0.25, 0.3) is 0 Å². The van der Waals surface area contributed by atoms with E-state index in [4.69, 9.17) is 0 Å². The lowest BCUT2D eigenvalue weighted by atomic mass is 10.4. The molecule has 1 aromatic rings. The molecule has 0 aliphatic rings.